The van der Waals surface area contributed by atoms with Crippen molar-refractivity contribution in [1.82, 2.24) is 25.1 Å². The summed E-state index contributed by atoms with van der Waals surface area (Å²) in [7, 11) is 1.86. The van der Waals surface area contributed by atoms with Gasteiger partial charge in [0.2, 0.25) is 0 Å². The van der Waals surface area contributed by atoms with E-state index in [2.05, 4.69) is 36.4 Å². The van der Waals surface area contributed by atoms with Gasteiger partial charge in [0.25, 0.3) is 0 Å². The average Bonchev–Trinajstić information content (AvgIpc) is 3.01. The van der Waals surface area contributed by atoms with Gasteiger partial charge in [0.15, 0.2) is 0 Å². The van der Waals surface area contributed by atoms with E-state index in [1.54, 1.807) is 6.33 Å². The van der Waals surface area contributed by atoms with Gasteiger partial charge in [-0.3, -0.25) is 4.90 Å². The van der Waals surface area contributed by atoms with Crippen molar-refractivity contribution < 1.29 is 0 Å². The van der Waals surface area contributed by atoms with Crippen LogP contribution in [-0.2, 0) is 13.0 Å². The molecule has 21 heavy (non-hydrogen) atoms. The van der Waals surface area contributed by atoms with Gasteiger partial charge in [-0.05, 0) is 43.9 Å². The lowest BCUT2D eigenvalue weighted by Crippen LogP contribution is -2.35. The van der Waals surface area contributed by atoms with E-state index in [4.69, 9.17) is 0 Å². The van der Waals surface area contributed by atoms with E-state index >= 15 is 0 Å². The molecule has 3 heterocycles. The smallest absolute Gasteiger partial charge is 0.148 e. The Balaban J connectivity index is 1.55. The molecule has 1 fully saturated rings. The second-order valence-corrected chi connectivity index (χ2v) is 5.68. The quantitative estimate of drug-likeness (QED) is 0.875. The summed E-state index contributed by atoms with van der Waals surface area (Å²) in [5, 5.41) is 11.5. The first kappa shape index (κ1) is 14.0. The molecular formula is C15H22N6. The van der Waals surface area contributed by atoms with Crippen LogP contribution in [0.25, 0.3) is 0 Å². The van der Waals surface area contributed by atoms with Gasteiger partial charge in [-0.25, -0.2) is 4.98 Å². The minimum Gasteiger partial charge on any atom is -0.372 e. The van der Waals surface area contributed by atoms with E-state index in [0.29, 0.717) is 5.92 Å². The summed E-state index contributed by atoms with van der Waals surface area (Å²) in [6.45, 7) is 3.25. The number of aromatic nitrogens is 4. The molecule has 1 atom stereocenters. The molecule has 2 aromatic heterocycles. The third-order valence-corrected chi connectivity index (χ3v) is 4.03. The highest BCUT2D eigenvalue weighted by Crippen LogP contribution is 2.21. The van der Waals surface area contributed by atoms with Crippen LogP contribution in [0.3, 0.4) is 0 Å². The molecule has 1 aliphatic rings. The highest BCUT2D eigenvalue weighted by molar-refractivity contribution is 5.31. The zero-order valence-electron chi connectivity index (χ0n) is 12.4. The molecule has 2 N–H and O–H groups in total. The molecule has 0 radical (unpaired) electrons. The predicted molar refractivity (Wildman–Crippen MR) is 81.9 cm³/mol. The van der Waals surface area contributed by atoms with E-state index < -0.39 is 0 Å². The standard InChI is InChI=1S/C15H22N6/c1-16-15-5-4-13(19-20-15)7-12-3-2-6-21(9-12)10-14-8-17-11-18-14/h4-5,8,11-12H,2-3,6-7,9-10H2,1H3,(H,16,20)(H,17,18)/t12-/m1/s1. The van der Waals surface area contributed by atoms with Crippen LogP contribution in [0.4, 0.5) is 5.82 Å². The molecule has 6 heteroatoms. The number of hydrogen-bond donors (Lipinski definition) is 2. The van der Waals surface area contributed by atoms with Crippen molar-refractivity contribution in [2.24, 2.45) is 5.92 Å². The van der Waals surface area contributed by atoms with Crippen LogP contribution in [0, 0.1) is 5.92 Å². The lowest BCUT2D eigenvalue weighted by Gasteiger charge is -2.32. The molecule has 112 valence electrons. The topological polar surface area (TPSA) is 69.7 Å². The molecule has 3 rings (SSSR count). The number of aromatic amines is 1. The Morgan fingerprint density at radius 2 is 2.33 bits per heavy atom. The maximum atomic E-state index is 4.30. The van der Waals surface area contributed by atoms with Gasteiger partial charge >= 0.3 is 0 Å². The van der Waals surface area contributed by atoms with Crippen LogP contribution in [0.5, 0.6) is 0 Å². The summed E-state index contributed by atoms with van der Waals surface area (Å²) >= 11 is 0. The van der Waals surface area contributed by atoms with Crippen molar-refractivity contribution >= 4 is 5.82 Å². The van der Waals surface area contributed by atoms with Crippen LogP contribution < -0.4 is 5.32 Å². The van der Waals surface area contributed by atoms with Gasteiger partial charge in [-0.15, -0.1) is 5.10 Å². The van der Waals surface area contributed by atoms with E-state index in [1.807, 2.05) is 19.3 Å². The van der Waals surface area contributed by atoms with Gasteiger partial charge in [-0.1, -0.05) is 0 Å². The molecule has 1 aliphatic heterocycles. The number of nitrogens with zero attached hydrogens (tertiary/aromatic N) is 4. The van der Waals surface area contributed by atoms with Gasteiger partial charge in [0, 0.05) is 32.0 Å². The SMILES string of the molecule is CNc1ccc(C[C@H]2CCCN(Cc3cnc[nH]3)C2)nn1. The zero-order chi connectivity index (χ0) is 14.5. The second kappa shape index (κ2) is 6.67. The Hall–Kier alpha value is -1.95. The van der Waals surface area contributed by atoms with E-state index in [-0.39, 0.29) is 0 Å². The molecule has 0 bridgehead atoms. The van der Waals surface area contributed by atoms with Crippen LogP contribution in [0.1, 0.15) is 24.2 Å². The van der Waals surface area contributed by atoms with Crippen LogP contribution >= 0.6 is 0 Å². The number of rotatable bonds is 5. The van der Waals surface area contributed by atoms with E-state index in [9.17, 15) is 0 Å². The number of H-pyrrole nitrogens is 1. The number of piperidine rings is 1. The van der Waals surface area contributed by atoms with Gasteiger partial charge in [-0.2, -0.15) is 5.10 Å². The Kier molecular flexibility index (Phi) is 4.45. The van der Waals surface area contributed by atoms with E-state index in [1.165, 1.54) is 25.1 Å². The molecule has 0 saturated carbocycles. The minimum atomic E-state index is 0.663. The highest BCUT2D eigenvalue weighted by Gasteiger charge is 2.21. The maximum absolute atomic E-state index is 4.30. The van der Waals surface area contributed by atoms with Crippen LogP contribution in [0.15, 0.2) is 24.7 Å². The summed E-state index contributed by atoms with van der Waals surface area (Å²) in [6.07, 6.45) is 7.19. The Morgan fingerprint density at radius 3 is 3.05 bits per heavy atom. The van der Waals surface area contributed by atoms with Crippen molar-refractivity contribution in [2.45, 2.75) is 25.8 Å². The Labute approximate surface area is 125 Å². The highest BCUT2D eigenvalue weighted by atomic mass is 15.2. The lowest BCUT2D eigenvalue weighted by atomic mass is 9.93. The molecule has 2 aromatic rings. The van der Waals surface area contributed by atoms with Crippen molar-refractivity contribution in [1.29, 1.82) is 0 Å². The number of nitrogens with one attached hydrogen (secondary N) is 2. The summed E-state index contributed by atoms with van der Waals surface area (Å²) < 4.78 is 0. The predicted octanol–water partition coefficient (Wildman–Crippen LogP) is 1.70. The fourth-order valence-corrected chi connectivity index (χ4v) is 2.97. The molecule has 0 aromatic carbocycles. The number of likely N-dealkylation sites (tertiary alicyclic amines) is 1. The second-order valence-electron chi connectivity index (χ2n) is 5.68. The molecule has 1 saturated heterocycles. The van der Waals surface area contributed by atoms with Gasteiger partial charge in [0.1, 0.15) is 5.82 Å². The number of anilines is 1. The van der Waals surface area contributed by atoms with Crippen LogP contribution in [-0.4, -0.2) is 45.2 Å². The number of hydrogen-bond acceptors (Lipinski definition) is 5. The summed E-state index contributed by atoms with van der Waals surface area (Å²) in [5.74, 6) is 1.49. The first-order valence-corrected chi connectivity index (χ1v) is 7.53. The summed E-state index contributed by atoms with van der Waals surface area (Å²) in [4.78, 5) is 9.76. The molecule has 6 nitrogen and oxygen atoms in total. The Bertz CT molecular complexity index is 536. The fraction of sp³-hybridized carbons (Fsp3) is 0.533. The van der Waals surface area contributed by atoms with Crippen LogP contribution in [0.2, 0.25) is 0 Å². The summed E-state index contributed by atoms with van der Waals surface area (Å²) in [6, 6.07) is 4.07. The third-order valence-electron chi connectivity index (χ3n) is 4.03. The largest absolute Gasteiger partial charge is 0.372 e. The molecule has 0 spiro atoms. The molecule has 0 unspecified atom stereocenters. The van der Waals surface area contributed by atoms with E-state index in [0.717, 1.165) is 31.0 Å². The zero-order valence-corrected chi connectivity index (χ0v) is 12.4. The maximum Gasteiger partial charge on any atom is 0.148 e. The molecule has 0 aliphatic carbocycles. The van der Waals surface area contributed by atoms with Crippen molar-refractivity contribution in [3.05, 3.63) is 36.0 Å². The third kappa shape index (κ3) is 3.78. The van der Waals surface area contributed by atoms with Crippen molar-refractivity contribution in [2.75, 3.05) is 25.5 Å². The lowest BCUT2D eigenvalue weighted by molar-refractivity contribution is 0.165. The first-order chi connectivity index (χ1) is 10.3. The Morgan fingerprint density at radius 1 is 1.38 bits per heavy atom. The number of imidazole rings is 1. The summed E-state index contributed by atoms with van der Waals surface area (Å²) in [5.41, 5.74) is 2.27. The molecule has 0 amide bonds. The van der Waals surface area contributed by atoms with Crippen molar-refractivity contribution in [3.63, 3.8) is 0 Å². The van der Waals surface area contributed by atoms with Gasteiger partial charge in [0.05, 0.1) is 12.0 Å². The normalized spacial score (nSPS) is 19.6. The molecular weight excluding hydrogens is 264 g/mol. The minimum absolute atomic E-state index is 0.663. The van der Waals surface area contributed by atoms with Gasteiger partial charge < -0.3 is 10.3 Å². The van der Waals surface area contributed by atoms with Crippen molar-refractivity contribution in [3.8, 4) is 0 Å². The monoisotopic (exact) mass is 286 g/mol. The average molecular weight is 286 g/mol. The first-order valence-electron chi connectivity index (χ1n) is 7.53. The fourth-order valence-electron chi connectivity index (χ4n) is 2.97.